The molecule has 1 aliphatic heterocycles. The number of amides is 3. The Bertz CT molecular complexity index is 1560. The zero-order valence-electron chi connectivity index (χ0n) is 21.3. The number of benzene rings is 4. The van der Waals surface area contributed by atoms with Gasteiger partial charge in [-0.3, -0.25) is 19.3 Å². The lowest BCUT2D eigenvalue weighted by Gasteiger charge is -2.13. The molecule has 8 heteroatoms. The number of hydrogen-bond acceptors (Lipinski definition) is 6. The molecule has 39 heavy (non-hydrogen) atoms. The van der Waals surface area contributed by atoms with E-state index in [1.165, 1.54) is 0 Å². The van der Waals surface area contributed by atoms with E-state index in [4.69, 9.17) is 9.47 Å². The molecule has 1 aliphatic rings. The first-order valence-electron chi connectivity index (χ1n) is 12.5. The van der Waals surface area contributed by atoms with E-state index < -0.39 is 17.1 Å². The summed E-state index contributed by atoms with van der Waals surface area (Å²) in [4.78, 5) is 39.2. The number of rotatable bonds is 9. The van der Waals surface area contributed by atoms with E-state index in [0.29, 0.717) is 30.4 Å². The molecule has 4 aromatic carbocycles. The van der Waals surface area contributed by atoms with Gasteiger partial charge in [-0.25, -0.2) is 0 Å². The van der Waals surface area contributed by atoms with Crippen LogP contribution in [0.3, 0.4) is 0 Å². The van der Waals surface area contributed by atoms with Crippen molar-refractivity contribution < 1.29 is 23.9 Å². The smallest absolute Gasteiger partial charge is 0.294 e. The van der Waals surface area contributed by atoms with Crippen LogP contribution in [0.2, 0.25) is 0 Å². The first-order valence-corrected chi connectivity index (χ1v) is 13.3. The van der Waals surface area contributed by atoms with Crippen LogP contribution < -0.4 is 14.8 Å². The Hall–Kier alpha value is -4.56. The van der Waals surface area contributed by atoms with Gasteiger partial charge in [-0.05, 0) is 83.1 Å². The summed E-state index contributed by atoms with van der Waals surface area (Å²) in [5.74, 6) is 0.362. The van der Waals surface area contributed by atoms with Crippen LogP contribution in [0.4, 0.5) is 10.5 Å². The Morgan fingerprint density at radius 1 is 0.897 bits per heavy atom. The van der Waals surface area contributed by atoms with Gasteiger partial charge in [0.1, 0.15) is 24.7 Å². The molecule has 0 bridgehead atoms. The standard InChI is InChI=1S/C31H26N2O5S/c1-2-37-25-15-13-24(14-16-25)32-29(34)19-33-30(35)28(39-31(33)36)18-21-7-5-11-26(17-21)38-20-23-10-6-9-22-8-3-4-12-27(22)23/h3-18H,2,19-20H2,1H3,(H,32,34)/b28-18+. The molecule has 1 N–H and O–H groups in total. The second kappa shape index (κ2) is 11.9. The van der Waals surface area contributed by atoms with Crippen molar-refractivity contribution in [3.05, 3.63) is 107 Å². The second-order valence-corrected chi connectivity index (χ2v) is 9.77. The van der Waals surface area contributed by atoms with E-state index in [0.717, 1.165) is 38.6 Å². The fourth-order valence-corrected chi connectivity index (χ4v) is 5.04. The number of imide groups is 1. The Morgan fingerprint density at radius 2 is 1.67 bits per heavy atom. The maximum atomic E-state index is 12.9. The van der Waals surface area contributed by atoms with Gasteiger partial charge in [-0.1, -0.05) is 54.6 Å². The van der Waals surface area contributed by atoms with Crippen LogP contribution in [0.5, 0.6) is 11.5 Å². The number of ether oxygens (including phenoxy) is 2. The van der Waals surface area contributed by atoms with Crippen LogP contribution >= 0.6 is 11.8 Å². The highest BCUT2D eigenvalue weighted by molar-refractivity contribution is 8.18. The minimum atomic E-state index is -0.506. The Balaban J connectivity index is 1.22. The summed E-state index contributed by atoms with van der Waals surface area (Å²) in [6, 6.07) is 28.5. The van der Waals surface area contributed by atoms with Crippen molar-refractivity contribution in [2.75, 3.05) is 18.5 Å². The molecule has 1 fully saturated rings. The van der Waals surface area contributed by atoms with Gasteiger partial charge >= 0.3 is 0 Å². The molecule has 0 aliphatic carbocycles. The van der Waals surface area contributed by atoms with Crippen molar-refractivity contribution in [3.8, 4) is 11.5 Å². The van der Waals surface area contributed by atoms with Gasteiger partial charge in [0.05, 0.1) is 11.5 Å². The number of fused-ring (bicyclic) bond motifs is 1. The van der Waals surface area contributed by atoms with Gasteiger partial charge in [-0.2, -0.15) is 0 Å². The van der Waals surface area contributed by atoms with E-state index in [1.54, 1.807) is 30.3 Å². The summed E-state index contributed by atoms with van der Waals surface area (Å²) in [6.45, 7) is 2.45. The number of nitrogens with zero attached hydrogens (tertiary/aromatic N) is 1. The van der Waals surface area contributed by atoms with Gasteiger partial charge < -0.3 is 14.8 Å². The van der Waals surface area contributed by atoms with Crippen LogP contribution in [0.1, 0.15) is 18.1 Å². The van der Waals surface area contributed by atoms with Crippen LogP contribution in [0, 0.1) is 0 Å². The number of thioether (sulfide) groups is 1. The molecule has 4 aromatic rings. The second-order valence-electron chi connectivity index (χ2n) is 8.77. The van der Waals surface area contributed by atoms with Crippen molar-refractivity contribution in [1.29, 1.82) is 0 Å². The quantitative estimate of drug-likeness (QED) is 0.245. The van der Waals surface area contributed by atoms with Gasteiger partial charge in [0, 0.05) is 5.69 Å². The zero-order valence-corrected chi connectivity index (χ0v) is 22.1. The lowest BCUT2D eigenvalue weighted by atomic mass is 10.1. The maximum Gasteiger partial charge on any atom is 0.294 e. The zero-order chi connectivity index (χ0) is 27.2. The SMILES string of the molecule is CCOc1ccc(NC(=O)CN2C(=O)S/C(=C/c3cccc(OCc4cccc5ccccc45)c3)C2=O)cc1. The van der Waals surface area contributed by atoms with Crippen molar-refractivity contribution in [3.63, 3.8) is 0 Å². The number of nitrogens with one attached hydrogen (secondary N) is 1. The Kier molecular flexibility index (Phi) is 7.94. The molecule has 0 radical (unpaired) electrons. The topological polar surface area (TPSA) is 84.9 Å². The maximum absolute atomic E-state index is 12.9. The summed E-state index contributed by atoms with van der Waals surface area (Å²) in [5.41, 5.74) is 2.34. The molecule has 3 amide bonds. The number of carbonyl (C=O) groups excluding carboxylic acids is 3. The summed E-state index contributed by atoms with van der Waals surface area (Å²) >= 11 is 0.811. The highest BCUT2D eigenvalue weighted by atomic mass is 32.2. The highest BCUT2D eigenvalue weighted by Gasteiger charge is 2.36. The average molecular weight is 539 g/mol. The third-order valence-corrected chi connectivity index (χ3v) is 6.96. The molecule has 0 atom stereocenters. The van der Waals surface area contributed by atoms with Crippen LogP contribution in [-0.4, -0.2) is 35.1 Å². The summed E-state index contributed by atoms with van der Waals surface area (Å²) in [6.07, 6.45) is 1.64. The number of anilines is 1. The average Bonchev–Trinajstić information content (AvgIpc) is 3.20. The van der Waals surface area contributed by atoms with E-state index in [9.17, 15) is 14.4 Å². The normalized spacial score (nSPS) is 14.2. The lowest BCUT2D eigenvalue weighted by Crippen LogP contribution is -2.36. The summed E-state index contributed by atoms with van der Waals surface area (Å²) in [5, 5.41) is 4.50. The predicted octanol–water partition coefficient (Wildman–Crippen LogP) is 6.49. The molecule has 5 rings (SSSR count). The molecule has 196 valence electrons. The van der Waals surface area contributed by atoms with Gasteiger partial charge in [-0.15, -0.1) is 0 Å². The van der Waals surface area contributed by atoms with E-state index >= 15 is 0 Å². The molecule has 1 saturated heterocycles. The lowest BCUT2D eigenvalue weighted by molar-refractivity contribution is -0.127. The summed E-state index contributed by atoms with van der Waals surface area (Å²) < 4.78 is 11.4. The first-order chi connectivity index (χ1) is 19.0. The predicted molar refractivity (Wildman–Crippen MR) is 154 cm³/mol. The highest BCUT2D eigenvalue weighted by Crippen LogP contribution is 2.33. The third-order valence-electron chi connectivity index (χ3n) is 6.05. The molecule has 1 heterocycles. The van der Waals surface area contributed by atoms with Crippen molar-refractivity contribution in [2.45, 2.75) is 13.5 Å². The van der Waals surface area contributed by atoms with Crippen molar-refractivity contribution in [2.24, 2.45) is 0 Å². The van der Waals surface area contributed by atoms with Crippen LogP contribution in [0.25, 0.3) is 16.8 Å². The van der Waals surface area contributed by atoms with E-state index in [-0.39, 0.29) is 11.4 Å². The minimum Gasteiger partial charge on any atom is -0.494 e. The Labute approximate surface area is 230 Å². The van der Waals surface area contributed by atoms with Crippen molar-refractivity contribution >= 4 is 51.4 Å². The molecule has 7 nitrogen and oxygen atoms in total. The number of hydrogen-bond donors (Lipinski definition) is 1. The van der Waals surface area contributed by atoms with Crippen LogP contribution in [0.15, 0.2) is 95.9 Å². The minimum absolute atomic E-state index is 0.250. The molecule has 0 aromatic heterocycles. The molecule has 0 spiro atoms. The van der Waals surface area contributed by atoms with Crippen LogP contribution in [-0.2, 0) is 16.2 Å². The van der Waals surface area contributed by atoms with Gasteiger partial charge in [0.2, 0.25) is 5.91 Å². The van der Waals surface area contributed by atoms with Gasteiger partial charge in [0.25, 0.3) is 11.1 Å². The molecular weight excluding hydrogens is 512 g/mol. The molecule has 0 unspecified atom stereocenters. The van der Waals surface area contributed by atoms with E-state index in [2.05, 4.69) is 23.5 Å². The summed E-state index contributed by atoms with van der Waals surface area (Å²) in [7, 11) is 0. The van der Waals surface area contributed by atoms with E-state index in [1.807, 2.05) is 55.5 Å². The van der Waals surface area contributed by atoms with Gasteiger partial charge in [0.15, 0.2) is 0 Å². The fourth-order valence-electron chi connectivity index (χ4n) is 4.21. The first kappa shape index (κ1) is 26.1. The number of carbonyl (C=O) groups is 3. The molecular formula is C31H26N2O5S. The fraction of sp³-hybridized carbons (Fsp3) is 0.129. The monoisotopic (exact) mass is 538 g/mol. The largest absolute Gasteiger partial charge is 0.494 e. The van der Waals surface area contributed by atoms with Crippen molar-refractivity contribution in [1.82, 2.24) is 4.90 Å². The Morgan fingerprint density at radius 3 is 2.49 bits per heavy atom. The third kappa shape index (κ3) is 6.30. The molecule has 0 saturated carbocycles.